The minimum atomic E-state index is 0.287. The molecular formula is C13H23N3O. The van der Waals surface area contributed by atoms with Gasteiger partial charge in [0.05, 0.1) is 0 Å². The van der Waals surface area contributed by atoms with Crippen LogP contribution in [0.5, 0.6) is 0 Å². The summed E-state index contributed by atoms with van der Waals surface area (Å²) in [4.78, 5) is 4.52. The molecule has 1 aliphatic rings. The molecule has 2 atom stereocenters. The SMILES string of the molecule is CC(N)CCCC(C)c1nc(C2CCC2)no1. The van der Waals surface area contributed by atoms with Gasteiger partial charge in [-0.05, 0) is 32.6 Å². The minimum absolute atomic E-state index is 0.287. The third kappa shape index (κ3) is 3.28. The normalized spacial score (nSPS) is 19.9. The summed E-state index contributed by atoms with van der Waals surface area (Å²) in [6.45, 7) is 4.20. The summed E-state index contributed by atoms with van der Waals surface area (Å²) in [6, 6.07) is 0.287. The second kappa shape index (κ2) is 5.63. The number of hydrogen-bond acceptors (Lipinski definition) is 4. The van der Waals surface area contributed by atoms with E-state index in [1.54, 1.807) is 0 Å². The van der Waals surface area contributed by atoms with Crippen LogP contribution in [0.3, 0.4) is 0 Å². The lowest BCUT2D eigenvalue weighted by atomic mass is 9.85. The highest BCUT2D eigenvalue weighted by atomic mass is 16.5. The van der Waals surface area contributed by atoms with Crippen molar-refractivity contribution >= 4 is 0 Å². The Balaban J connectivity index is 1.81. The third-order valence-corrected chi connectivity index (χ3v) is 3.65. The van der Waals surface area contributed by atoms with Crippen molar-refractivity contribution in [2.24, 2.45) is 5.73 Å². The van der Waals surface area contributed by atoms with Gasteiger partial charge in [0.15, 0.2) is 5.82 Å². The Morgan fingerprint density at radius 2 is 2.12 bits per heavy atom. The van der Waals surface area contributed by atoms with Gasteiger partial charge in [0.2, 0.25) is 5.89 Å². The van der Waals surface area contributed by atoms with Gasteiger partial charge in [-0.1, -0.05) is 24.9 Å². The van der Waals surface area contributed by atoms with Gasteiger partial charge >= 0.3 is 0 Å². The highest BCUT2D eigenvalue weighted by Gasteiger charge is 2.25. The maximum atomic E-state index is 5.74. The van der Waals surface area contributed by atoms with Crippen LogP contribution in [0.2, 0.25) is 0 Å². The molecule has 2 N–H and O–H groups in total. The Kier molecular flexibility index (Phi) is 4.15. The van der Waals surface area contributed by atoms with Gasteiger partial charge in [0, 0.05) is 17.9 Å². The van der Waals surface area contributed by atoms with E-state index in [1.807, 2.05) is 6.92 Å². The molecule has 2 unspecified atom stereocenters. The van der Waals surface area contributed by atoms with E-state index in [0.717, 1.165) is 31.0 Å². The second-order valence-corrected chi connectivity index (χ2v) is 5.43. The molecule has 0 spiro atoms. The van der Waals surface area contributed by atoms with E-state index in [2.05, 4.69) is 17.1 Å². The van der Waals surface area contributed by atoms with Crippen molar-refractivity contribution in [1.82, 2.24) is 10.1 Å². The Labute approximate surface area is 103 Å². The lowest BCUT2D eigenvalue weighted by Crippen LogP contribution is -2.14. The van der Waals surface area contributed by atoms with Gasteiger partial charge < -0.3 is 10.3 Å². The molecule has 4 heteroatoms. The van der Waals surface area contributed by atoms with E-state index in [-0.39, 0.29) is 6.04 Å². The molecule has 0 amide bonds. The molecule has 1 aromatic heterocycles. The zero-order chi connectivity index (χ0) is 12.3. The van der Waals surface area contributed by atoms with Crippen molar-refractivity contribution in [1.29, 1.82) is 0 Å². The Hall–Kier alpha value is -0.900. The third-order valence-electron chi connectivity index (χ3n) is 3.65. The summed E-state index contributed by atoms with van der Waals surface area (Å²) >= 11 is 0. The maximum Gasteiger partial charge on any atom is 0.229 e. The molecule has 2 rings (SSSR count). The predicted molar refractivity (Wildman–Crippen MR) is 66.8 cm³/mol. The molecule has 0 saturated heterocycles. The molecule has 1 saturated carbocycles. The van der Waals surface area contributed by atoms with Crippen LogP contribution in [0, 0.1) is 0 Å². The first kappa shape index (κ1) is 12.6. The van der Waals surface area contributed by atoms with E-state index in [9.17, 15) is 0 Å². The molecule has 0 aliphatic heterocycles. The van der Waals surface area contributed by atoms with Crippen LogP contribution in [0.4, 0.5) is 0 Å². The summed E-state index contributed by atoms with van der Waals surface area (Å²) in [6.07, 6.45) is 7.01. The Morgan fingerprint density at radius 3 is 2.71 bits per heavy atom. The number of hydrogen-bond donors (Lipinski definition) is 1. The maximum absolute atomic E-state index is 5.74. The summed E-state index contributed by atoms with van der Waals surface area (Å²) < 4.78 is 5.35. The van der Waals surface area contributed by atoms with Crippen LogP contribution in [0.25, 0.3) is 0 Å². The lowest BCUT2D eigenvalue weighted by molar-refractivity contribution is 0.331. The Morgan fingerprint density at radius 1 is 1.35 bits per heavy atom. The van der Waals surface area contributed by atoms with Crippen LogP contribution in [0.1, 0.15) is 75.9 Å². The number of rotatable bonds is 6. The van der Waals surface area contributed by atoms with Crippen molar-refractivity contribution in [2.75, 3.05) is 0 Å². The number of nitrogens with two attached hydrogens (primary N) is 1. The average Bonchev–Trinajstić information content (AvgIpc) is 2.63. The van der Waals surface area contributed by atoms with E-state index in [1.165, 1.54) is 19.3 Å². The molecule has 4 nitrogen and oxygen atoms in total. The summed E-state index contributed by atoms with van der Waals surface area (Å²) in [7, 11) is 0. The second-order valence-electron chi connectivity index (χ2n) is 5.43. The van der Waals surface area contributed by atoms with Crippen LogP contribution in [-0.2, 0) is 0 Å². The fourth-order valence-electron chi connectivity index (χ4n) is 2.15. The van der Waals surface area contributed by atoms with Gasteiger partial charge in [-0.25, -0.2) is 0 Å². The minimum Gasteiger partial charge on any atom is -0.339 e. The zero-order valence-corrected chi connectivity index (χ0v) is 10.9. The molecule has 0 radical (unpaired) electrons. The first-order valence-corrected chi connectivity index (χ1v) is 6.76. The smallest absolute Gasteiger partial charge is 0.229 e. The van der Waals surface area contributed by atoms with Crippen molar-refractivity contribution in [3.05, 3.63) is 11.7 Å². The van der Waals surface area contributed by atoms with E-state index < -0.39 is 0 Å². The van der Waals surface area contributed by atoms with Gasteiger partial charge in [-0.3, -0.25) is 0 Å². The summed E-state index contributed by atoms with van der Waals surface area (Å²) in [5, 5.41) is 4.09. The van der Waals surface area contributed by atoms with Crippen LogP contribution >= 0.6 is 0 Å². The standard InChI is InChI=1S/C13H23N3O/c1-9(5-3-6-10(2)14)13-15-12(16-17-13)11-7-4-8-11/h9-11H,3-8,14H2,1-2H3. The van der Waals surface area contributed by atoms with Gasteiger partial charge in [-0.2, -0.15) is 4.98 Å². The molecule has 0 bridgehead atoms. The molecule has 0 aromatic carbocycles. The van der Waals surface area contributed by atoms with E-state index in [0.29, 0.717) is 11.8 Å². The quantitative estimate of drug-likeness (QED) is 0.826. The number of nitrogens with zero attached hydrogens (tertiary/aromatic N) is 2. The highest BCUT2D eigenvalue weighted by molar-refractivity contribution is 5.01. The first-order chi connectivity index (χ1) is 8.16. The van der Waals surface area contributed by atoms with Crippen molar-refractivity contribution in [2.45, 2.75) is 70.3 Å². The monoisotopic (exact) mass is 237 g/mol. The lowest BCUT2D eigenvalue weighted by Gasteiger charge is -2.21. The van der Waals surface area contributed by atoms with Gasteiger partial charge in [0.1, 0.15) is 0 Å². The summed E-state index contributed by atoms with van der Waals surface area (Å²) in [5.41, 5.74) is 5.74. The Bertz CT molecular complexity index is 344. The molecule has 96 valence electrons. The largest absolute Gasteiger partial charge is 0.339 e. The first-order valence-electron chi connectivity index (χ1n) is 6.76. The molecule has 1 aromatic rings. The fourth-order valence-corrected chi connectivity index (χ4v) is 2.15. The van der Waals surface area contributed by atoms with Crippen LogP contribution in [0.15, 0.2) is 4.52 Å². The van der Waals surface area contributed by atoms with Crippen molar-refractivity contribution in [3.63, 3.8) is 0 Å². The van der Waals surface area contributed by atoms with Crippen molar-refractivity contribution in [3.8, 4) is 0 Å². The average molecular weight is 237 g/mol. The van der Waals surface area contributed by atoms with Gasteiger partial charge in [-0.15, -0.1) is 0 Å². The van der Waals surface area contributed by atoms with Crippen molar-refractivity contribution < 1.29 is 4.52 Å². The topological polar surface area (TPSA) is 64.9 Å². The van der Waals surface area contributed by atoms with Gasteiger partial charge in [0.25, 0.3) is 0 Å². The number of aromatic nitrogens is 2. The summed E-state index contributed by atoms with van der Waals surface area (Å²) in [5.74, 6) is 2.64. The zero-order valence-electron chi connectivity index (χ0n) is 10.9. The molecule has 1 fully saturated rings. The molecular weight excluding hydrogens is 214 g/mol. The van der Waals surface area contributed by atoms with Crippen LogP contribution in [-0.4, -0.2) is 16.2 Å². The molecule has 1 aliphatic carbocycles. The molecule has 1 heterocycles. The van der Waals surface area contributed by atoms with E-state index in [4.69, 9.17) is 10.3 Å². The van der Waals surface area contributed by atoms with Crippen LogP contribution < -0.4 is 5.73 Å². The fraction of sp³-hybridized carbons (Fsp3) is 0.846. The highest BCUT2D eigenvalue weighted by Crippen LogP contribution is 2.35. The van der Waals surface area contributed by atoms with E-state index >= 15 is 0 Å². The molecule has 17 heavy (non-hydrogen) atoms. The predicted octanol–water partition coefficient (Wildman–Crippen LogP) is 2.96.